The molecule has 0 fully saturated rings. The van der Waals surface area contributed by atoms with Crippen LogP contribution in [-0.2, 0) is 6.42 Å². The lowest BCUT2D eigenvalue weighted by Gasteiger charge is -2.20. The Hall–Kier alpha value is -0.340. The van der Waals surface area contributed by atoms with Crippen LogP contribution in [0, 0.1) is 0 Å². The normalized spacial score (nSPS) is 21.8. The van der Waals surface area contributed by atoms with Crippen molar-refractivity contribution in [3.05, 3.63) is 21.9 Å². The van der Waals surface area contributed by atoms with Gasteiger partial charge in [-0.05, 0) is 48.7 Å². The van der Waals surface area contributed by atoms with E-state index in [2.05, 4.69) is 23.7 Å². The molecule has 1 N–H and O–H groups in total. The zero-order valence-corrected chi connectivity index (χ0v) is 10.4. The second-order valence-electron chi connectivity index (χ2n) is 4.40. The SMILES string of the molecule is CCNCC1CCCCCc2sccc21. The van der Waals surface area contributed by atoms with Crippen molar-refractivity contribution in [2.45, 2.75) is 44.9 Å². The first-order valence-corrected chi connectivity index (χ1v) is 7.06. The van der Waals surface area contributed by atoms with E-state index in [4.69, 9.17) is 0 Å². The molecule has 1 heterocycles. The van der Waals surface area contributed by atoms with Crippen LogP contribution in [0.25, 0.3) is 0 Å². The third kappa shape index (κ3) is 2.82. The van der Waals surface area contributed by atoms with Crippen LogP contribution >= 0.6 is 11.3 Å². The van der Waals surface area contributed by atoms with Gasteiger partial charge < -0.3 is 5.32 Å². The van der Waals surface area contributed by atoms with Crippen LogP contribution in [0.5, 0.6) is 0 Å². The third-order valence-electron chi connectivity index (χ3n) is 3.32. The van der Waals surface area contributed by atoms with Gasteiger partial charge in [0.1, 0.15) is 0 Å². The van der Waals surface area contributed by atoms with Crippen LogP contribution in [0.15, 0.2) is 11.4 Å². The summed E-state index contributed by atoms with van der Waals surface area (Å²) in [6, 6.07) is 2.35. The van der Waals surface area contributed by atoms with E-state index in [-0.39, 0.29) is 0 Å². The molecule has 0 amide bonds. The Morgan fingerprint density at radius 1 is 1.40 bits per heavy atom. The maximum Gasteiger partial charge on any atom is 0.00805 e. The number of fused-ring (bicyclic) bond motifs is 1. The molecule has 0 saturated carbocycles. The van der Waals surface area contributed by atoms with Gasteiger partial charge in [0.25, 0.3) is 0 Å². The number of likely N-dealkylation sites (N-methyl/N-ethyl adjacent to an activating group) is 1. The summed E-state index contributed by atoms with van der Waals surface area (Å²) < 4.78 is 0. The van der Waals surface area contributed by atoms with Crippen molar-refractivity contribution in [3.63, 3.8) is 0 Å². The Kier molecular flexibility index (Phi) is 4.21. The number of thiophene rings is 1. The molecule has 1 aromatic heterocycles. The molecule has 84 valence electrons. The molecule has 1 aliphatic carbocycles. The summed E-state index contributed by atoms with van der Waals surface area (Å²) in [4.78, 5) is 1.65. The molecule has 0 saturated heterocycles. The predicted octanol–water partition coefficient (Wildman–Crippen LogP) is 3.56. The average Bonchev–Trinajstić information content (AvgIpc) is 2.65. The molecule has 0 radical (unpaired) electrons. The van der Waals surface area contributed by atoms with Crippen molar-refractivity contribution >= 4 is 11.3 Å². The van der Waals surface area contributed by atoms with Crippen LogP contribution < -0.4 is 5.32 Å². The lowest BCUT2D eigenvalue weighted by atomic mass is 9.89. The number of rotatable bonds is 3. The average molecular weight is 223 g/mol. The van der Waals surface area contributed by atoms with Crippen LogP contribution in [0.3, 0.4) is 0 Å². The highest BCUT2D eigenvalue weighted by Gasteiger charge is 2.17. The minimum absolute atomic E-state index is 0.770. The minimum atomic E-state index is 0.770. The van der Waals surface area contributed by atoms with Crippen LogP contribution in [0.1, 0.15) is 49.0 Å². The van der Waals surface area contributed by atoms with E-state index in [1.165, 1.54) is 38.6 Å². The van der Waals surface area contributed by atoms with Crippen LogP contribution in [-0.4, -0.2) is 13.1 Å². The molecule has 1 nitrogen and oxygen atoms in total. The smallest absolute Gasteiger partial charge is 0.00805 e. The number of nitrogens with one attached hydrogen (secondary N) is 1. The summed E-state index contributed by atoms with van der Waals surface area (Å²) in [5.74, 6) is 0.770. The van der Waals surface area contributed by atoms with E-state index in [9.17, 15) is 0 Å². The summed E-state index contributed by atoms with van der Waals surface area (Å²) in [5.41, 5.74) is 1.64. The number of hydrogen-bond donors (Lipinski definition) is 1. The fraction of sp³-hybridized carbons (Fsp3) is 0.692. The van der Waals surface area contributed by atoms with Gasteiger partial charge in [-0.2, -0.15) is 0 Å². The molecule has 2 heteroatoms. The highest BCUT2D eigenvalue weighted by atomic mass is 32.1. The molecule has 0 spiro atoms. The molecule has 2 rings (SSSR count). The van der Waals surface area contributed by atoms with Gasteiger partial charge in [-0.25, -0.2) is 0 Å². The van der Waals surface area contributed by atoms with Gasteiger partial charge in [0.2, 0.25) is 0 Å². The van der Waals surface area contributed by atoms with Crippen molar-refractivity contribution in [1.82, 2.24) is 5.32 Å². The lowest BCUT2D eigenvalue weighted by molar-refractivity contribution is 0.508. The quantitative estimate of drug-likeness (QED) is 0.826. The summed E-state index contributed by atoms with van der Waals surface area (Å²) >= 11 is 1.96. The first-order chi connectivity index (χ1) is 7.42. The van der Waals surface area contributed by atoms with E-state index in [0.717, 1.165) is 12.5 Å². The van der Waals surface area contributed by atoms with Gasteiger partial charge in [-0.15, -0.1) is 11.3 Å². The Morgan fingerprint density at radius 3 is 3.20 bits per heavy atom. The van der Waals surface area contributed by atoms with Crippen molar-refractivity contribution in [1.29, 1.82) is 0 Å². The van der Waals surface area contributed by atoms with Crippen LogP contribution in [0.4, 0.5) is 0 Å². The molecule has 1 atom stereocenters. The molecular weight excluding hydrogens is 202 g/mol. The Labute approximate surface area is 96.9 Å². The maximum absolute atomic E-state index is 3.50. The summed E-state index contributed by atoms with van der Waals surface area (Å²) in [6.07, 6.45) is 6.90. The first kappa shape index (κ1) is 11.2. The van der Waals surface area contributed by atoms with Gasteiger partial charge in [-0.3, -0.25) is 0 Å². The largest absolute Gasteiger partial charge is 0.316 e. The van der Waals surface area contributed by atoms with E-state index in [0.29, 0.717) is 0 Å². The van der Waals surface area contributed by atoms with E-state index < -0.39 is 0 Å². The summed E-state index contributed by atoms with van der Waals surface area (Å²) in [7, 11) is 0. The summed E-state index contributed by atoms with van der Waals surface area (Å²) in [6.45, 7) is 4.45. The summed E-state index contributed by atoms with van der Waals surface area (Å²) in [5, 5.41) is 5.77. The lowest BCUT2D eigenvalue weighted by Crippen LogP contribution is -2.22. The van der Waals surface area contributed by atoms with Crippen molar-refractivity contribution in [3.8, 4) is 0 Å². The standard InChI is InChI=1S/C13H21NS/c1-2-14-10-11-6-4-3-5-7-13-12(11)8-9-15-13/h8-9,11,14H,2-7,10H2,1H3. The van der Waals surface area contributed by atoms with E-state index in [1.807, 2.05) is 11.3 Å². The van der Waals surface area contributed by atoms with Gasteiger partial charge in [0.15, 0.2) is 0 Å². The van der Waals surface area contributed by atoms with E-state index >= 15 is 0 Å². The molecule has 0 aliphatic heterocycles. The maximum atomic E-state index is 3.50. The number of aryl methyl sites for hydroxylation is 1. The molecule has 1 aliphatic rings. The van der Waals surface area contributed by atoms with Gasteiger partial charge >= 0.3 is 0 Å². The zero-order valence-electron chi connectivity index (χ0n) is 9.59. The van der Waals surface area contributed by atoms with Crippen molar-refractivity contribution in [2.75, 3.05) is 13.1 Å². The highest BCUT2D eigenvalue weighted by molar-refractivity contribution is 7.10. The van der Waals surface area contributed by atoms with Gasteiger partial charge in [0, 0.05) is 11.4 Å². The van der Waals surface area contributed by atoms with Gasteiger partial charge in [-0.1, -0.05) is 19.8 Å². The molecule has 1 aromatic rings. The second kappa shape index (κ2) is 5.66. The zero-order chi connectivity index (χ0) is 10.5. The molecule has 1 unspecified atom stereocenters. The Bertz CT molecular complexity index is 292. The molecular formula is C13H21NS. The van der Waals surface area contributed by atoms with Crippen molar-refractivity contribution < 1.29 is 0 Å². The van der Waals surface area contributed by atoms with Crippen molar-refractivity contribution in [2.24, 2.45) is 0 Å². The monoisotopic (exact) mass is 223 g/mol. The topological polar surface area (TPSA) is 12.0 Å². The molecule has 0 bridgehead atoms. The minimum Gasteiger partial charge on any atom is -0.316 e. The molecule has 15 heavy (non-hydrogen) atoms. The third-order valence-corrected chi connectivity index (χ3v) is 4.31. The van der Waals surface area contributed by atoms with Gasteiger partial charge in [0.05, 0.1) is 0 Å². The molecule has 0 aromatic carbocycles. The van der Waals surface area contributed by atoms with Crippen LogP contribution in [0.2, 0.25) is 0 Å². The fourth-order valence-electron chi connectivity index (χ4n) is 2.46. The second-order valence-corrected chi connectivity index (χ2v) is 5.40. The Morgan fingerprint density at radius 2 is 2.33 bits per heavy atom. The number of hydrogen-bond acceptors (Lipinski definition) is 2. The Balaban J connectivity index is 2.10. The predicted molar refractivity (Wildman–Crippen MR) is 67.8 cm³/mol. The highest BCUT2D eigenvalue weighted by Crippen LogP contribution is 2.32. The fourth-order valence-corrected chi connectivity index (χ4v) is 3.47. The van der Waals surface area contributed by atoms with E-state index in [1.54, 1.807) is 10.4 Å². The first-order valence-electron chi connectivity index (χ1n) is 6.18.